The van der Waals surface area contributed by atoms with Crippen LogP contribution in [0.15, 0.2) is 23.1 Å². The largest absolute Gasteiger partial charge is 0.478 e. The summed E-state index contributed by atoms with van der Waals surface area (Å²) in [5, 5.41) is 19.1. The Balaban J connectivity index is 1.98. The van der Waals surface area contributed by atoms with Crippen molar-refractivity contribution in [3.8, 4) is 0 Å². The summed E-state index contributed by atoms with van der Waals surface area (Å²) in [5.74, 6) is -0.0386. The Kier molecular flexibility index (Phi) is 3.61. The van der Waals surface area contributed by atoms with Crippen LogP contribution in [0.5, 0.6) is 0 Å². The number of hydrogen-bond acceptors (Lipinski definition) is 4. The van der Waals surface area contributed by atoms with Gasteiger partial charge in [0.05, 0.1) is 28.9 Å². The molecule has 2 aromatic heterocycles. The molecule has 0 atom stereocenters. The summed E-state index contributed by atoms with van der Waals surface area (Å²) in [6.45, 7) is 1.74. The first-order valence-corrected chi connectivity index (χ1v) is 8.41. The first-order valence-electron chi connectivity index (χ1n) is 8.41. The second kappa shape index (κ2) is 5.70. The van der Waals surface area contributed by atoms with E-state index in [0.29, 0.717) is 16.6 Å². The van der Waals surface area contributed by atoms with Gasteiger partial charge in [0, 0.05) is 5.92 Å². The van der Waals surface area contributed by atoms with Crippen molar-refractivity contribution in [3.05, 3.63) is 45.6 Å². The second-order valence-electron chi connectivity index (χ2n) is 6.79. The Morgan fingerprint density at radius 2 is 1.96 bits per heavy atom. The van der Waals surface area contributed by atoms with E-state index in [0.717, 1.165) is 37.0 Å². The summed E-state index contributed by atoms with van der Waals surface area (Å²) in [6, 6.07) is 3.28. The third kappa shape index (κ3) is 2.51. The number of aliphatic hydroxyl groups excluding tert-OH is 1. The van der Waals surface area contributed by atoms with E-state index >= 15 is 0 Å². The number of carboxylic acid groups (broad SMARTS) is 1. The average Bonchev–Trinajstić information content (AvgIpc) is 3.01. The van der Waals surface area contributed by atoms with Crippen LogP contribution in [0, 0.1) is 6.92 Å². The second-order valence-corrected chi connectivity index (χ2v) is 6.79. The Labute approximate surface area is 142 Å². The first kappa shape index (κ1) is 15.8. The van der Waals surface area contributed by atoms with E-state index in [-0.39, 0.29) is 23.1 Å². The van der Waals surface area contributed by atoms with E-state index in [2.05, 4.69) is 9.97 Å². The van der Waals surface area contributed by atoms with E-state index in [1.165, 1.54) is 6.07 Å². The molecule has 0 amide bonds. The molecule has 3 N–H and O–H groups in total. The molecule has 0 unspecified atom stereocenters. The molecule has 1 aliphatic carbocycles. The van der Waals surface area contributed by atoms with E-state index in [1.54, 1.807) is 19.2 Å². The Hall–Kier alpha value is -2.67. The maximum Gasteiger partial charge on any atom is 0.336 e. The monoisotopic (exact) mass is 341 g/mol. The van der Waals surface area contributed by atoms with Crippen LogP contribution in [-0.2, 0) is 0 Å². The van der Waals surface area contributed by atoms with Crippen LogP contribution in [0.25, 0.3) is 16.6 Å². The molecule has 0 saturated heterocycles. The topological polar surface area (TPSA) is 108 Å². The number of benzene rings is 1. The molecule has 1 aliphatic rings. The molecule has 25 heavy (non-hydrogen) atoms. The number of aryl methyl sites for hydroxylation is 1. The standard InChI is InChI=1S/C18H19N3O4/c1-9-6-14-13(7-12(9)18(24)25)20-17(23)15-8-19-16(21(14)15)10-2-4-11(22)5-3-10/h6-8,10-11,22H,2-5H2,1H3,(H,20,23)(H,24,25). The minimum absolute atomic E-state index is 0.171. The van der Waals surface area contributed by atoms with Gasteiger partial charge in [0.1, 0.15) is 11.3 Å². The Bertz CT molecular complexity index is 1040. The lowest BCUT2D eigenvalue weighted by Gasteiger charge is -2.24. The smallest absolute Gasteiger partial charge is 0.336 e. The average molecular weight is 341 g/mol. The third-order valence-corrected chi connectivity index (χ3v) is 5.15. The number of aromatic carboxylic acids is 1. The highest BCUT2D eigenvalue weighted by molar-refractivity contribution is 5.94. The van der Waals surface area contributed by atoms with E-state index < -0.39 is 5.97 Å². The first-order chi connectivity index (χ1) is 12.0. The van der Waals surface area contributed by atoms with Crippen molar-refractivity contribution < 1.29 is 15.0 Å². The van der Waals surface area contributed by atoms with Crippen molar-refractivity contribution in [2.75, 3.05) is 0 Å². The van der Waals surface area contributed by atoms with Gasteiger partial charge >= 0.3 is 5.97 Å². The van der Waals surface area contributed by atoms with Crippen molar-refractivity contribution in [1.29, 1.82) is 0 Å². The van der Waals surface area contributed by atoms with Gasteiger partial charge in [0.15, 0.2) is 0 Å². The molecular weight excluding hydrogens is 322 g/mol. The molecule has 1 fully saturated rings. The Morgan fingerprint density at radius 3 is 2.64 bits per heavy atom. The molecule has 1 aromatic carbocycles. The molecule has 4 rings (SSSR count). The molecule has 1 saturated carbocycles. The quantitative estimate of drug-likeness (QED) is 0.662. The van der Waals surface area contributed by atoms with Crippen LogP contribution in [0.2, 0.25) is 0 Å². The van der Waals surface area contributed by atoms with Crippen LogP contribution in [0.1, 0.15) is 53.3 Å². The zero-order valence-electron chi connectivity index (χ0n) is 13.8. The predicted octanol–water partition coefficient (Wildman–Crippen LogP) is 2.20. The van der Waals surface area contributed by atoms with Gasteiger partial charge in [-0.15, -0.1) is 0 Å². The fourth-order valence-corrected chi connectivity index (χ4v) is 3.80. The summed E-state index contributed by atoms with van der Waals surface area (Å²) in [5.41, 5.74) is 2.20. The van der Waals surface area contributed by atoms with Crippen LogP contribution in [-0.4, -0.2) is 36.7 Å². The summed E-state index contributed by atoms with van der Waals surface area (Å²) in [6.07, 6.45) is 4.40. The van der Waals surface area contributed by atoms with Crippen molar-refractivity contribution in [3.63, 3.8) is 0 Å². The number of carbonyl (C=O) groups is 1. The number of aromatic amines is 1. The number of carboxylic acids is 1. The number of nitrogens with one attached hydrogen (secondary N) is 1. The number of H-pyrrole nitrogens is 1. The van der Waals surface area contributed by atoms with Crippen LogP contribution in [0.3, 0.4) is 0 Å². The van der Waals surface area contributed by atoms with Crippen molar-refractivity contribution in [2.24, 2.45) is 0 Å². The molecule has 0 spiro atoms. The molecule has 7 heteroatoms. The predicted molar refractivity (Wildman–Crippen MR) is 92.2 cm³/mol. The van der Waals surface area contributed by atoms with Crippen LogP contribution >= 0.6 is 0 Å². The molecular formula is C18H19N3O4. The number of aliphatic hydroxyl groups is 1. The third-order valence-electron chi connectivity index (χ3n) is 5.15. The molecule has 2 heterocycles. The molecule has 0 radical (unpaired) electrons. The van der Waals surface area contributed by atoms with Crippen LogP contribution < -0.4 is 5.56 Å². The van der Waals surface area contributed by atoms with Gasteiger partial charge in [0.25, 0.3) is 5.56 Å². The van der Waals surface area contributed by atoms with Crippen LogP contribution in [0.4, 0.5) is 0 Å². The lowest BCUT2D eigenvalue weighted by atomic mass is 9.87. The molecule has 0 bridgehead atoms. The van der Waals surface area contributed by atoms with E-state index in [9.17, 15) is 19.8 Å². The molecule has 7 nitrogen and oxygen atoms in total. The molecule has 3 aromatic rings. The lowest BCUT2D eigenvalue weighted by Crippen LogP contribution is -2.19. The minimum atomic E-state index is -1.02. The molecule has 0 aliphatic heterocycles. The van der Waals surface area contributed by atoms with E-state index in [1.807, 2.05) is 4.40 Å². The van der Waals surface area contributed by atoms with Crippen molar-refractivity contribution in [2.45, 2.75) is 44.6 Å². The van der Waals surface area contributed by atoms with Gasteiger partial charge < -0.3 is 15.2 Å². The van der Waals surface area contributed by atoms with Gasteiger partial charge in [-0.05, 0) is 50.3 Å². The van der Waals surface area contributed by atoms with Gasteiger partial charge in [0.2, 0.25) is 0 Å². The number of imidazole rings is 1. The van der Waals surface area contributed by atoms with Gasteiger partial charge in [-0.2, -0.15) is 0 Å². The number of nitrogens with zero attached hydrogens (tertiary/aromatic N) is 2. The number of hydrogen-bond donors (Lipinski definition) is 3. The fraction of sp³-hybridized carbons (Fsp3) is 0.389. The van der Waals surface area contributed by atoms with Crippen molar-refractivity contribution in [1.82, 2.24) is 14.4 Å². The minimum Gasteiger partial charge on any atom is -0.478 e. The summed E-state index contributed by atoms with van der Waals surface area (Å²) in [7, 11) is 0. The van der Waals surface area contributed by atoms with Gasteiger partial charge in [-0.3, -0.25) is 9.20 Å². The SMILES string of the molecule is Cc1cc2c(cc1C(=O)O)[nH]c(=O)c1cnc(C3CCC(O)CC3)n12. The van der Waals surface area contributed by atoms with E-state index in [4.69, 9.17) is 0 Å². The Morgan fingerprint density at radius 1 is 1.24 bits per heavy atom. The van der Waals surface area contributed by atoms with Gasteiger partial charge in [-0.25, -0.2) is 9.78 Å². The normalized spacial score (nSPS) is 21.0. The summed E-state index contributed by atoms with van der Waals surface area (Å²) < 4.78 is 1.84. The maximum absolute atomic E-state index is 12.4. The molecule has 130 valence electrons. The highest BCUT2D eigenvalue weighted by Gasteiger charge is 2.25. The summed E-state index contributed by atoms with van der Waals surface area (Å²) in [4.78, 5) is 31.0. The lowest BCUT2D eigenvalue weighted by molar-refractivity contribution is 0.0696. The fourth-order valence-electron chi connectivity index (χ4n) is 3.80. The number of rotatable bonds is 2. The van der Waals surface area contributed by atoms with Crippen molar-refractivity contribution >= 4 is 22.5 Å². The highest BCUT2D eigenvalue weighted by Crippen LogP contribution is 2.33. The zero-order valence-corrected chi connectivity index (χ0v) is 13.8. The number of aromatic nitrogens is 3. The zero-order chi connectivity index (χ0) is 17.7. The highest BCUT2D eigenvalue weighted by atomic mass is 16.4. The number of fused-ring (bicyclic) bond motifs is 3. The summed E-state index contributed by atoms with van der Waals surface area (Å²) >= 11 is 0. The van der Waals surface area contributed by atoms with Gasteiger partial charge in [-0.1, -0.05) is 0 Å². The maximum atomic E-state index is 12.4.